The van der Waals surface area contributed by atoms with Gasteiger partial charge in [0.2, 0.25) is 5.91 Å². The molecule has 0 aliphatic heterocycles. The van der Waals surface area contributed by atoms with Crippen LogP contribution in [0.1, 0.15) is 15.9 Å². The van der Waals surface area contributed by atoms with Gasteiger partial charge in [0.15, 0.2) is 0 Å². The molecule has 0 saturated carbocycles. The molecule has 0 radical (unpaired) electrons. The number of hydrogen-bond donors (Lipinski definition) is 1. The Balaban J connectivity index is 2.07. The predicted molar refractivity (Wildman–Crippen MR) is 113 cm³/mol. The van der Waals surface area contributed by atoms with E-state index in [9.17, 15) is 23.3 Å². The number of nitro groups is 1. The van der Waals surface area contributed by atoms with E-state index in [0.29, 0.717) is 16.8 Å². The van der Waals surface area contributed by atoms with Gasteiger partial charge in [0.05, 0.1) is 22.1 Å². The molecule has 0 heterocycles. The molecule has 10 heteroatoms. The number of hydrogen-bond acceptors (Lipinski definition) is 5. The Morgan fingerprint density at radius 2 is 1.67 bits per heavy atom. The van der Waals surface area contributed by atoms with Gasteiger partial charge in [-0.05, 0) is 42.0 Å². The van der Waals surface area contributed by atoms with Gasteiger partial charge in [0, 0.05) is 11.6 Å². The number of sulfonamides is 1. The quantitative estimate of drug-likeness (QED) is 0.438. The minimum Gasteiger partial charge on any atom is -0.366 e. The second-order valence-corrected chi connectivity index (χ2v) is 8.55. The first kappa shape index (κ1) is 21.3. The van der Waals surface area contributed by atoms with Crippen molar-refractivity contribution >= 4 is 38.9 Å². The van der Waals surface area contributed by atoms with E-state index >= 15 is 0 Å². The zero-order valence-corrected chi connectivity index (χ0v) is 17.0. The number of amides is 1. The second kappa shape index (κ2) is 8.52. The molecular formula is C20H16ClN3O5S. The molecule has 0 saturated heterocycles. The molecule has 0 unspecified atom stereocenters. The topological polar surface area (TPSA) is 124 Å². The van der Waals surface area contributed by atoms with Crippen molar-refractivity contribution in [2.45, 2.75) is 11.4 Å². The first-order valence-electron chi connectivity index (χ1n) is 8.60. The summed E-state index contributed by atoms with van der Waals surface area (Å²) >= 11 is 5.82. The summed E-state index contributed by atoms with van der Waals surface area (Å²) in [5, 5.41) is 11.0. The maximum absolute atomic E-state index is 13.4. The Hall–Kier alpha value is -3.43. The van der Waals surface area contributed by atoms with Gasteiger partial charge in [0.1, 0.15) is 5.02 Å². The average Bonchev–Trinajstić information content (AvgIpc) is 2.72. The molecule has 3 rings (SSSR count). The highest BCUT2D eigenvalue weighted by molar-refractivity contribution is 7.92. The third-order valence-electron chi connectivity index (χ3n) is 4.31. The smallest absolute Gasteiger partial charge is 0.289 e. The van der Waals surface area contributed by atoms with Gasteiger partial charge in [-0.2, -0.15) is 0 Å². The molecule has 0 aliphatic carbocycles. The highest BCUT2D eigenvalue weighted by Gasteiger charge is 2.28. The Morgan fingerprint density at radius 3 is 2.23 bits per heavy atom. The second-order valence-electron chi connectivity index (χ2n) is 6.28. The minimum absolute atomic E-state index is 0.0676. The third kappa shape index (κ3) is 4.42. The molecule has 0 bridgehead atoms. The summed E-state index contributed by atoms with van der Waals surface area (Å²) in [4.78, 5) is 21.5. The van der Waals surface area contributed by atoms with Crippen molar-refractivity contribution in [3.63, 3.8) is 0 Å². The number of nitrogens with zero attached hydrogens (tertiary/aromatic N) is 2. The van der Waals surface area contributed by atoms with Crippen molar-refractivity contribution in [2.24, 2.45) is 5.73 Å². The number of nitrogens with two attached hydrogens (primary N) is 1. The molecular weight excluding hydrogens is 430 g/mol. The van der Waals surface area contributed by atoms with Crippen molar-refractivity contribution in [3.8, 4) is 0 Å². The molecule has 8 nitrogen and oxygen atoms in total. The van der Waals surface area contributed by atoms with E-state index in [2.05, 4.69) is 0 Å². The number of rotatable bonds is 7. The molecule has 3 aromatic rings. The number of anilines is 1. The van der Waals surface area contributed by atoms with Gasteiger partial charge in [-0.15, -0.1) is 0 Å². The molecule has 0 fully saturated rings. The molecule has 30 heavy (non-hydrogen) atoms. The standard InChI is InChI=1S/C20H16ClN3O5S/c21-18-11-10-17(12-19(18)24(26)27)30(28,29)23(16-4-2-1-3-5-16)13-14-6-8-15(9-7-14)20(22)25/h1-12H,13H2,(H2,22,25). The highest BCUT2D eigenvalue weighted by Crippen LogP contribution is 2.31. The normalized spacial score (nSPS) is 11.1. The first-order valence-corrected chi connectivity index (χ1v) is 10.4. The molecule has 2 N–H and O–H groups in total. The van der Waals surface area contributed by atoms with E-state index in [0.717, 1.165) is 10.4 Å². The largest absolute Gasteiger partial charge is 0.366 e. The van der Waals surface area contributed by atoms with Gasteiger partial charge in [0.25, 0.3) is 15.7 Å². The van der Waals surface area contributed by atoms with Crippen LogP contribution >= 0.6 is 11.6 Å². The number of carbonyl (C=O) groups is 1. The molecule has 0 spiro atoms. The first-order chi connectivity index (χ1) is 14.2. The van der Waals surface area contributed by atoms with Crippen LogP contribution in [-0.4, -0.2) is 19.2 Å². The maximum atomic E-state index is 13.4. The van der Waals surface area contributed by atoms with Crippen LogP contribution in [0.2, 0.25) is 5.02 Å². The number of para-hydroxylation sites is 1. The van der Waals surface area contributed by atoms with Crippen molar-refractivity contribution in [3.05, 3.63) is 99.1 Å². The van der Waals surface area contributed by atoms with Crippen LogP contribution in [0.4, 0.5) is 11.4 Å². The van der Waals surface area contributed by atoms with E-state index in [4.69, 9.17) is 17.3 Å². The Kier molecular flexibility index (Phi) is 6.04. The summed E-state index contributed by atoms with van der Waals surface area (Å²) in [7, 11) is -4.17. The van der Waals surface area contributed by atoms with E-state index in [-0.39, 0.29) is 16.5 Å². The predicted octanol–water partition coefficient (Wildman–Crippen LogP) is 3.74. The lowest BCUT2D eigenvalue weighted by molar-refractivity contribution is -0.384. The lowest BCUT2D eigenvalue weighted by Gasteiger charge is -2.25. The van der Waals surface area contributed by atoms with Gasteiger partial charge in [-0.3, -0.25) is 19.2 Å². The lowest BCUT2D eigenvalue weighted by Crippen LogP contribution is -2.30. The highest BCUT2D eigenvalue weighted by atomic mass is 35.5. The van der Waals surface area contributed by atoms with Crippen molar-refractivity contribution in [2.75, 3.05) is 4.31 Å². The summed E-state index contributed by atoms with van der Waals surface area (Å²) in [6, 6.07) is 17.8. The van der Waals surface area contributed by atoms with Gasteiger partial charge >= 0.3 is 0 Å². The van der Waals surface area contributed by atoms with E-state index in [1.54, 1.807) is 42.5 Å². The minimum atomic E-state index is -4.17. The fourth-order valence-electron chi connectivity index (χ4n) is 2.77. The molecule has 154 valence electrons. The number of halogens is 1. The van der Waals surface area contributed by atoms with Crippen molar-refractivity contribution < 1.29 is 18.1 Å². The van der Waals surface area contributed by atoms with Crippen LogP contribution in [0.15, 0.2) is 77.7 Å². The lowest BCUT2D eigenvalue weighted by atomic mass is 10.1. The van der Waals surface area contributed by atoms with Crippen LogP contribution in [0.3, 0.4) is 0 Å². The van der Waals surface area contributed by atoms with Gasteiger partial charge < -0.3 is 5.73 Å². The molecule has 0 atom stereocenters. The van der Waals surface area contributed by atoms with Crippen molar-refractivity contribution in [1.29, 1.82) is 0 Å². The zero-order valence-electron chi connectivity index (χ0n) is 15.4. The fourth-order valence-corrected chi connectivity index (χ4v) is 4.43. The van der Waals surface area contributed by atoms with E-state index in [1.165, 1.54) is 24.3 Å². The zero-order chi connectivity index (χ0) is 21.9. The van der Waals surface area contributed by atoms with Crippen LogP contribution in [0.5, 0.6) is 0 Å². The molecule has 1 amide bonds. The fraction of sp³-hybridized carbons (Fsp3) is 0.0500. The van der Waals surface area contributed by atoms with Crippen LogP contribution in [-0.2, 0) is 16.6 Å². The summed E-state index contributed by atoms with van der Waals surface area (Å²) < 4.78 is 27.9. The van der Waals surface area contributed by atoms with E-state index in [1.807, 2.05) is 0 Å². The molecule has 0 aliphatic rings. The number of primary amides is 1. The number of benzene rings is 3. The molecule has 3 aromatic carbocycles. The summed E-state index contributed by atoms with van der Waals surface area (Å²) in [5.41, 5.74) is 5.99. The van der Waals surface area contributed by atoms with E-state index < -0.39 is 26.5 Å². The monoisotopic (exact) mass is 445 g/mol. The summed E-state index contributed by atoms with van der Waals surface area (Å²) in [6.07, 6.45) is 0. The SMILES string of the molecule is NC(=O)c1ccc(CN(c2ccccc2)S(=O)(=O)c2ccc(Cl)c([N+](=O)[O-])c2)cc1. The molecule has 0 aromatic heterocycles. The van der Waals surface area contributed by atoms with Crippen LogP contribution < -0.4 is 10.0 Å². The Morgan fingerprint density at radius 1 is 1.03 bits per heavy atom. The Bertz CT molecular complexity index is 1200. The Labute approximate surface area is 177 Å². The number of nitro benzene ring substituents is 1. The van der Waals surface area contributed by atoms with Gasteiger partial charge in [-0.1, -0.05) is 41.9 Å². The summed E-state index contributed by atoms with van der Waals surface area (Å²) in [6.45, 7) is -0.0676. The average molecular weight is 446 g/mol. The van der Waals surface area contributed by atoms with Gasteiger partial charge in [-0.25, -0.2) is 8.42 Å². The van der Waals surface area contributed by atoms with Crippen molar-refractivity contribution in [1.82, 2.24) is 0 Å². The van der Waals surface area contributed by atoms with Crippen LogP contribution in [0.25, 0.3) is 0 Å². The maximum Gasteiger partial charge on any atom is 0.289 e. The summed E-state index contributed by atoms with van der Waals surface area (Å²) in [5.74, 6) is -0.595. The number of carbonyl (C=O) groups excluding carboxylic acids is 1. The third-order valence-corrected chi connectivity index (χ3v) is 6.40. The van der Waals surface area contributed by atoms with Crippen LogP contribution in [0, 0.1) is 10.1 Å².